The zero-order valence-electron chi connectivity index (χ0n) is 15.6. The van der Waals surface area contributed by atoms with Crippen molar-refractivity contribution in [3.8, 4) is 11.5 Å². The Morgan fingerprint density at radius 3 is 2.68 bits per heavy atom. The van der Waals surface area contributed by atoms with Gasteiger partial charge in [0.1, 0.15) is 13.2 Å². The van der Waals surface area contributed by atoms with Gasteiger partial charge in [-0.1, -0.05) is 30.3 Å². The van der Waals surface area contributed by atoms with Crippen LogP contribution in [0.5, 0.6) is 11.5 Å². The highest BCUT2D eigenvalue weighted by Gasteiger charge is 2.38. The molecule has 0 unspecified atom stereocenters. The minimum absolute atomic E-state index is 0.154. The van der Waals surface area contributed by atoms with Crippen molar-refractivity contribution in [2.45, 2.75) is 31.7 Å². The Morgan fingerprint density at radius 1 is 0.964 bits per heavy atom. The number of fused-ring (bicyclic) bond motifs is 2. The van der Waals surface area contributed by atoms with Crippen molar-refractivity contribution in [1.29, 1.82) is 0 Å². The zero-order chi connectivity index (χ0) is 19.1. The van der Waals surface area contributed by atoms with Gasteiger partial charge in [-0.05, 0) is 60.6 Å². The number of hydrogen-bond donors (Lipinski definition) is 0. The standard InChI is InChI=1S/C22H23NO4S/c24-28(25,19-9-7-16-4-1-2-5-17(16)14-19)23-11-3-6-20(23)18-8-10-21-22(15-18)27-13-12-26-21/h1-2,4-5,8,10,14-15,20H,3,6-7,9,11-13H2/t20-/m1/s1. The van der Waals surface area contributed by atoms with E-state index in [1.165, 1.54) is 5.56 Å². The number of rotatable bonds is 3. The van der Waals surface area contributed by atoms with Gasteiger partial charge in [-0.15, -0.1) is 0 Å². The van der Waals surface area contributed by atoms with Gasteiger partial charge in [0.05, 0.1) is 10.9 Å². The molecule has 2 aliphatic heterocycles. The summed E-state index contributed by atoms with van der Waals surface area (Å²) in [7, 11) is -3.50. The first kappa shape index (κ1) is 17.8. The van der Waals surface area contributed by atoms with Gasteiger partial charge in [-0.3, -0.25) is 0 Å². The molecule has 2 aromatic rings. The van der Waals surface area contributed by atoms with E-state index < -0.39 is 10.0 Å². The van der Waals surface area contributed by atoms with Crippen molar-refractivity contribution >= 4 is 16.1 Å². The van der Waals surface area contributed by atoms with Crippen molar-refractivity contribution in [2.24, 2.45) is 0 Å². The van der Waals surface area contributed by atoms with Gasteiger partial charge in [0, 0.05) is 6.54 Å². The molecular formula is C22H23NO4S. The number of ether oxygens (including phenoxy) is 2. The minimum atomic E-state index is -3.50. The molecule has 0 saturated carbocycles. The van der Waals surface area contributed by atoms with Crippen LogP contribution in [0.2, 0.25) is 0 Å². The molecule has 1 fully saturated rings. The highest BCUT2D eigenvalue weighted by molar-refractivity contribution is 7.93. The van der Waals surface area contributed by atoms with Crippen molar-refractivity contribution in [1.82, 2.24) is 4.31 Å². The summed E-state index contributed by atoms with van der Waals surface area (Å²) in [5.74, 6) is 1.44. The van der Waals surface area contributed by atoms with Gasteiger partial charge >= 0.3 is 0 Å². The SMILES string of the molecule is O=S(=O)(C1=Cc2ccccc2CC1)N1CCC[C@@H]1c1ccc2c(c1)OCCO2. The van der Waals surface area contributed by atoms with E-state index in [1.807, 2.05) is 42.5 Å². The predicted molar refractivity (Wildman–Crippen MR) is 108 cm³/mol. The summed E-state index contributed by atoms with van der Waals surface area (Å²) < 4.78 is 39.9. The molecule has 0 aromatic heterocycles. The van der Waals surface area contributed by atoms with E-state index in [0.29, 0.717) is 36.8 Å². The smallest absolute Gasteiger partial charge is 0.239 e. The van der Waals surface area contributed by atoms with E-state index in [2.05, 4.69) is 6.07 Å². The Morgan fingerprint density at radius 2 is 1.79 bits per heavy atom. The molecule has 0 amide bonds. The van der Waals surface area contributed by atoms with Crippen LogP contribution >= 0.6 is 0 Å². The largest absolute Gasteiger partial charge is 0.486 e. The lowest BCUT2D eigenvalue weighted by Gasteiger charge is -2.28. The van der Waals surface area contributed by atoms with Crippen LogP contribution in [0.1, 0.15) is 42.0 Å². The lowest BCUT2D eigenvalue weighted by atomic mass is 9.98. The molecule has 5 nitrogen and oxygen atoms in total. The van der Waals surface area contributed by atoms with Crippen molar-refractivity contribution in [2.75, 3.05) is 19.8 Å². The molecule has 6 heteroatoms. The number of aryl methyl sites for hydroxylation is 1. The minimum Gasteiger partial charge on any atom is -0.486 e. The summed E-state index contributed by atoms with van der Waals surface area (Å²) in [6, 6.07) is 13.7. The van der Waals surface area contributed by atoms with Crippen LogP contribution in [-0.2, 0) is 16.4 Å². The molecule has 0 N–H and O–H groups in total. The number of benzene rings is 2. The maximum Gasteiger partial charge on any atom is 0.239 e. The average Bonchev–Trinajstić information content (AvgIpc) is 3.24. The zero-order valence-corrected chi connectivity index (χ0v) is 16.5. The molecule has 1 atom stereocenters. The first-order valence-electron chi connectivity index (χ1n) is 9.83. The summed E-state index contributed by atoms with van der Waals surface area (Å²) in [4.78, 5) is 0.524. The third-order valence-corrected chi connectivity index (χ3v) is 7.85. The number of hydrogen-bond acceptors (Lipinski definition) is 4. The monoisotopic (exact) mass is 397 g/mol. The molecule has 3 aliphatic rings. The first-order valence-corrected chi connectivity index (χ1v) is 11.3. The molecule has 0 radical (unpaired) electrons. The van der Waals surface area contributed by atoms with Gasteiger partial charge in [-0.25, -0.2) is 8.42 Å². The maximum atomic E-state index is 13.5. The van der Waals surface area contributed by atoms with Crippen LogP contribution in [-0.4, -0.2) is 32.5 Å². The lowest BCUT2D eigenvalue weighted by molar-refractivity contribution is 0.171. The highest BCUT2D eigenvalue weighted by atomic mass is 32.2. The van der Waals surface area contributed by atoms with Crippen LogP contribution < -0.4 is 9.47 Å². The molecule has 28 heavy (non-hydrogen) atoms. The van der Waals surface area contributed by atoms with Crippen LogP contribution in [0.4, 0.5) is 0 Å². The average molecular weight is 397 g/mol. The third-order valence-electron chi connectivity index (χ3n) is 5.81. The topological polar surface area (TPSA) is 55.8 Å². The Kier molecular flexibility index (Phi) is 4.40. The second-order valence-corrected chi connectivity index (χ2v) is 9.43. The Labute approximate surface area is 165 Å². The first-order chi connectivity index (χ1) is 13.6. The second-order valence-electron chi connectivity index (χ2n) is 7.49. The second kappa shape index (κ2) is 6.94. The van der Waals surface area contributed by atoms with E-state index in [4.69, 9.17) is 9.47 Å². The quantitative estimate of drug-likeness (QED) is 0.788. The molecule has 146 valence electrons. The fourth-order valence-electron chi connectivity index (χ4n) is 4.39. The van der Waals surface area contributed by atoms with Gasteiger partial charge in [0.15, 0.2) is 11.5 Å². The molecule has 5 rings (SSSR count). The summed E-state index contributed by atoms with van der Waals surface area (Å²) in [6.45, 7) is 1.63. The van der Waals surface area contributed by atoms with E-state index in [9.17, 15) is 8.42 Å². The predicted octanol–water partition coefficient (Wildman–Crippen LogP) is 3.91. The van der Waals surface area contributed by atoms with Crippen molar-refractivity contribution in [3.63, 3.8) is 0 Å². The normalized spacial score (nSPS) is 21.9. The van der Waals surface area contributed by atoms with Gasteiger partial charge < -0.3 is 9.47 Å². The van der Waals surface area contributed by atoms with Gasteiger partial charge in [0.2, 0.25) is 10.0 Å². The van der Waals surface area contributed by atoms with Gasteiger partial charge in [-0.2, -0.15) is 4.31 Å². The Balaban J connectivity index is 1.47. The maximum absolute atomic E-state index is 13.5. The third kappa shape index (κ3) is 3.01. The van der Waals surface area contributed by atoms with Gasteiger partial charge in [0.25, 0.3) is 0 Å². The number of nitrogens with zero attached hydrogens (tertiary/aromatic N) is 1. The number of allylic oxidation sites excluding steroid dienone is 1. The van der Waals surface area contributed by atoms with Crippen LogP contribution in [0.15, 0.2) is 47.4 Å². The number of sulfonamides is 1. The summed E-state index contributed by atoms with van der Waals surface area (Å²) in [6.07, 6.45) is 4.87. The fraction of sp³-hybridized carbons (Fsp3) is 0.364. The Hall–Kier alpha value is -2.31. The van der Waals surface area contributed by atoms with Crippen LogP contribution in [0.25, 0.3) is 6.08 Å². The summed E-state index contributed by atoms with van der Waals surface area (Å²) in [5.41, 5.74) is 3.20. The summed E-state index contributed by atoms with van der Waals surface area (Å²) in [5, 5.41) is 0. The highest BCUT2D eigenvalue weighted by Crippen LogP contribution is 2.41. The van der Waals surface area contributed by atoms with Crippen LogP contribution in [0, 0.1) is 0 Å². The van der Waals surface area contributed by atoms with Crippen LogP contribution in [0.3, 0.4) is 0 Å². The Bertz CT molecular complexity index is 1040. The molecule has 0 spiro atoms. The van der Waals surface area contributed by atoms with E-state index in [0.717, 1.165) is 36.1 Å². The van der Waals surface area contributed by atoms with E-state index >= 15 is 0 Å². The summed E-state index contributed by atoms with van der Waals surface area (Å²) >= 11 is 0. The van der Waals surface area contributed by atoms with Crippen molar-refractivity contribution < 1.29 is 17.9 Å². The van der Waals surface area contributed by atoms with E-state index in [1.54, 1.807) is 4.31 Å². The molecule has 2 heterocycles. The van der Waals surface area contributed by atoms with Crippen molar-refractivity contribution in [3.05, 3.63) is 64.1 Å². The molecular weight excluding hydrogens is 374 g/mol. The fourth-order valence-corrected chi connectivity index (χ4v) is 6.26. The lowest BCUT2D eigenvalue weighted by Crippen LogP contribution is -2.32. The molecule has 1 saturated heterocycles. The molecule has 2 aromatic carbocycles. The molecule has 1 aliphatic carbocycles. The van der Waals surface area contributed by atoms with E-state index in [-0.39, 0.29) is 6.04 Å². The molecule has 0 bridgehead atoms.